The molecule has 35 heavy (non-hydrogen) atoms. The lowest BCUT2D eigenvalue weighted by Crippen LogP contribution is -2.29. The summed E-state index contributed by atoms with van der Waals surface area (Å²) < 4.78 is 2.07. The topological polar surface area (TPSA) is 106 Å². The second-order valence-corrected chi connectivity index (χ2v) is 10.9. The molecule has 2 aliphatic carbocycles. The molecular formula is C28H35N5O2. The SMILES string of the molecule is CC1(C)CCc2c(Cc3cccnc3)nn(-c3ccc(C(N)=O)c(N[C@H]4CC[C@H](O)CC4)c3)c2C1. The minimum Gasteiger partial charge on any atom is -0.393 e. The molecule has 1 fully saturated rings. The van der Waals surface area contributed by atoms with E-state index in [1.807, 2.05) is 24.4 Å². The van der Waals surface area contributed by atoms with E-state index in [-0.39, 0.29) is 17.6 Å². The second kappa shape index (κ2) is 9.46. The van der Waals surface area contributed by atoms with Gasteiger partial charge >= 0.3 is 0 Å². The molecule has 1 aromatic carbocycles. The fourth-order valence-electron chi connectivity index (χ4n) is 5.50. The van der Waals surface area contributed by atoms with Gasteiger partial charge in [0.05, 0.1) is 23.0 Å². The van der Waals surface area contributed by atoms with Gasteiger partial charge in [-0.1, -0.05) is 19.9 Å². The predicted molar refractivity (Wildman–Crippen MR) is 137 cm³/mol. The Morgan fingerprint density at radius 2 is 2.03 bits per heavy atom. The van der Waals surface area contributed by atoms with Crippen LogP contribution in [0.1, 0.15) is 78.8 Å². The van der Waals surface area contributed by atoms with Crippen molar-refractivity contribution in [2.45, 2.75) is 77.4 Å². The molecule has 4 N–H and O–H groups in total. The highest BCUT2D eigenvalue weighted by atomic mass is 16.3. The summed E-state index contributed by atoms with van der Waals surface area (Å²) in [5, 5.41) is 18.5. The first-order chi connectivity index (χ1) is 16.8. The van der Waals surface area contributed by atoms with Crippen molar-refractivity contribution in [3.8, 4) is 5.69 Å². The lowest BCUT2D eigenvalue weighted by Gasteiger charge is -2.30. The molecule has 0 bridgehead atoms. The number of nitrogens with zero attached hydrogens (tertiary/aromatic N) is 3. The molecule has 0 radical (unpaired) electrons. The van der Waals surface area contributed by atoms with Gasteiger partial charge in [-0.2, -0.15) is 5.10 Å². The van der Waals surface area contributed by atoms with Gasteiger partial charge in [0.15, 0.2) is 0 Å². The lowest BCUT2D eigenvalue weighted by molar-refractivity contribution is 0.100. The van der Waals surface area contributed by atoms with Crippen molar-refractivity contribution in [2.75, 3.05) is 5.32 Å². The summed E-state index contributed by atoms with van der Waals surface area (Å²) in [7, 11) is 0. The van der Waals surface area contributed by atoms with E-state index in [2.05, 4.69) is 34.9 Å². The summed E-state index contributed by atoms with van der Waals surface area (Å²) in [4.78, 5) is 16.5. The fraction of sp³-hybridized carbons (Fsp3) is 0.464. The molecule has 0 unspecified atom stereocenters. The Hall–Kier alpha value is -3.19. The van der Waals surface area contributed by atoms with Crippen molar-refractivity contribution in [1.82, 2.24) is 14.8 Å². The van der Waals surface area contributed by atoms with E-state index in [9.17, 15) is 9.90 Å². The van der Waals surface area contributed by atoms with Crippen LogP contribution in [0.5, 0.6) is 0 Å². The zero-order valence-electron chi connectivity index (χ0n) is 20.6. The van der Waals surface area contributed by atoms with E-state index >= 15 is 0 Å². The van der Waals surface area contributed by atoms with Crippen LogP contribution in [0.15, 0.2) is 42.7 Å². The zero-order valence-corrected chi connectivity index (χ0v) is 20.6. The molecule has 2 heterocycles. The van der Waals surface area contributed by atoms with Crippen LogP contribution >= 0.6 is 0 Å². The van der Waals surface area contributed by atoms with Crippen LogP contribution in [-0.2, 0) is 19.3 Å². The van der Waals surface area contributed by atoms with E-state index in [4.69, 9.17) is 10.8 Å². The van der Waals surface area contributed by atoms with Crippen molar-refractivity contribution in [1.29, 1.82) is 0 Å². The van der Waals surface area contributed by atoms with Gasteiger partial charge in [-0.05, 0) is 85.8 Å². The summed E-state index contributed by atoms with van der Waals surface area (Å²) in [6.07, 6.45) is 10.6. The van der Waals surface area contributed by atoms with E-state index < -0.39 is 5.91 Å². The number of rotatable bonds is 6. The van der Waals surface area contributed by atoms with Crippen LogP contribution in [0.25, 0.3) is 5.69 Å². The standard InChI is InChI=1S/C28H35N5O2/c1-28(2)12-11-22-25(14-18-4-3-13-30-17-18)32-33(26(22)16-28)20-7-10-23(27(29)35)24(15-20)31-19-5-8-21(34)9-6-19/h3-4,7,10,13,15,17,19,21,31,34H,5-6,8-9,11-12,14,16H2,1-2H3,(H2,29,35)/t19-,21-. The summed E-state index contributed by atoms with van der Waals surface area (Å²) in [6.45, 7) is 4.63. The fourth-order valence-corrected chi connectivity index (χ4v) is 5.50. The van der Waals surface area contributed by atoms with Crippen LogP contribution in [0.4, 0.5) is 5.69 Å². The highest BCUT2D eigenvalue weighted by Crippen LogP contribution is 2.38. The van der Waals surface area contributed by atoms with Crippen LogP contribution < -0.4 is 11.1 Å². The molecule has 1 amide bonds. The summed E-state index contributed by atoms with van der Waals surface area (Å²) in [5.41, 5.74) is 12.9. The van der Waals surface area contributed by atoms with Gasteiger partial charge < -0.3 is 16.2 Å². The average molecular weight is 474 g/mol. The molecule has 1 saturated carbocycles. The molecule has 0 atom stereocenters. The largest absolute Gasteiger partial charge is 0.393 e. The van der Waals surface area contributed by atoms with Crippen molar-refractivity contribution >= 4 is 11.6 Å². The number of primary amides is 1. The number of carbonyl (C=O) groups excluding carboxylic acids is 1. The second-order valence-electron chi connectivity index (χ2n) is 10.9. The first-order valence-corrected chi connectivity index (χ1v) is 12.7. The summed E-state index contributed by atoms with van der Waals surface area (Å²) >= 11 is 0. The number of nitrogens with one attached hydrogen (secondary N) is 1. The first kappa shape index (κ1) is 23.5. The third-order valence-electron chi connectivity index (χ3n) is 7.53. The van der Waals surface area contributed by atoms with Gasteiger partial charge in [0.1, 0.15) is 0 Å². The van der Waals surface area contributed by atoms with Crippen molar-refractivity contribution in [3.05, 3.63) is 70.8 Å². The minimum atomic E-state index is -0.448. The Morgan fingerprint density at radius 3 is 2.74 bits per heavy atom. The van der Waals surface area contributed by atoms with E-state index in [0.717, 1.165) is 74.0 Å². The first-order valence-electron chi connectivity index (χ1n) is 12.7. The molecule has 2 aliphatic rings. The smallest absolute Gasteiger partial charge is 0.250 e. The summed E-state index contributed by atoms with van der Waals surface area (Å²) in [6, 6.07) is 10.0. The number of aliphatic hydroxyl groups is 1. The maximum absolute atomic E-state index is 12.2. The monoisotopic (exact) mass is 473 g/mol. The number of pyridine rings is 1. The van der Waals surface area contributed by atoms with Gasteiger partial charge in [0.2, 0.25) is 0 Å². The molecule has 5 rings (SSSR count). The number of anilines is 1. The Balaban J connectivity index is 1.53. The van der Waals surface area contributed by atoms with Crippen molar-refractivity contribution in [2.24, 2.45) is 11.1 Å². The molecule has 7 nitrogen and oxygen atoms in total. The predicted octanol–water partition coefficient (Wildman–Crippen LogP) is 4.19. The average Bonchev–Trinajstić information content (AvgIpc) is 3.17. The van der Waals surface area contributed by atoms with Crippen molar-refractivity contribution in [3.63, 3.8) is 0 Å². The molecule has 7 heteroatoms. The molecule has 0 saturated heterocycles. The highest BCUT2D eigenvalue weighted by molar-refractivity contribution is 5.99. The zero-order chi connectivity index (χ0) is 24.6. The van der Waals surface area contributed by atoms with E-state index in [1.54, 1.807) is 12.3 Å². The number of aliphatic hydroxyl groups excluding tert-OH is 1. The normalized spacial score (nSPS) is 21.3. The van der Waals surface area contributed by atoms with Gasteiger partial charge in [-0.15, -0.1) is 0 Å². The molecule has 3 aromatic rings. The lowest BCUT2D eigenvalue weighted by atomic mass is 9.76. The number of aromatic nitrogens is 3. The quantitative estimate of drug-likeness (QED) is 0.498. The third kappa shape index (κ3) is 5.10. The highest BCUT2D eigenvalue weighted by Gasteiger charge is 2.31. The molecule has 0 aliphatic heterocycles. The van der Waals surface area contributed by atoms with E-state index in [1.165, 1.54) is 11.3 Å². The molecule has 0 spiro atoms. The maximum atomic E-state index is 12.2. The van der Waals surface area contributed by atoms with Gasteiger partial charge in [0.25, 0.3) is 5.91 Å². The number of carbonyl (C=O) groups is 1. The Bertz CT molecular complexity index is 1210. The van der Waals surface area contributed by atoms with Crippen LogP contribution in [0.2, 0.25) is 0 Å². The number of nitrogens with two attached hydrogens (primary N) is 1. The number of hydrogen-bond acceptors (Lipinski definition) is 5. The Kier molecular flexibility index (Phi) is 6.36. The molecule has 184 valence electrons. The van der Waals surface area contributed by atoms with Gasteiger partial charge in [0, 0.05) is 36.2 Å². The summed E-state index contributed by atoms with van der Waals surface area (Å²) in [5.74, 6) is -0.448. The third-order valence-corrected chi connectivity index (χ3v) is 7.53. The van der Waals surface area contributed by atoms with Crippen LogP contribution in [-0.4, -0.2) is 37.9 Å². The maximum Gasteiger partial charge on any atom is 0.250 e. The number of hydrogen-bond donors (Lipinski definition) is 3. The Labute approximate surface area is 206 Å². The van der Waals surface area contributed by atoms with E-state index in [0.29, 0.717) is 5.56 Å². The van der Waals surface area contributed by atoms with Crippen LogP contribution in [0, 0.1) is 5.41 Å². The van der Waals surface area contributed by atoms with Crippen molar-refractivity contribution < 1.29 is 9.90 Å². The number of amides is 1. The minimum absolute atomic E-state index is 0.202. The number of fused-ring (bicyclic) bond motifs is 1. The molecular weight excluding hydrogens is 438 g/mol. The number of benzene rings is 1. The van der Waals surface area contributed by atoms with Gasteiger partial charge in [-0.3, -0.25) is 9.78 Å². The van der Waals surface area contributed by atoms with Gasteiger partial charge in [-0.25, -0.2) is 4.68 Å². The molecule has 2 aromatic heterocycles. The van der Waals surface area contributed by atoms with Crippen LogP contribution in [0.3, 0.4) is 0 Å². The Morgan fingerprint density at radius 1 is 1.23 bits per heavy atom.